The van der Waals surface area contributed by atoms with E-state index < -0.39 is 23.3 Å². The Kier molecular flexibility index (Phi) is 5.22. The van der Waals surface area contributed by atoms with Crippen LogP contribution in [0.25, 0.3) is 119 Å². The predicted octanol–water partition coefficient (Wildman–Crippen LogP) is 14.3. The highest BCUT2D eigenvalue weighted by molar-refractivity contribution is 6.47. The smallest absolute Gasteiger partial charge is 0.126 e. The highest BCUT2D eigenvalue weighted by Gasteiger charge is 2.28. The van der Waals surface area contributed by atoms with Crippen molar-refractivity contribution in [3.63, 3.8) is 0 Å². The van der Waals surface area contributed by atoms with Crippen molar-refractivity contribution in [2.75, 3.05) is 0 Å². The molecule has 0 aliphatic rings. The number of fused-ring (bicyclic) bond motifs is 8. The van der Waals surface area contributed by atoms with E-state index in [9.17, 15) is 0 Å². The molecular formula is C48H22F4. The largest absolute Gasteiger partial charge is 0.207 e. The lowest BCUT2D eigenvalue weighted by Crippen LogP contribution is -1.93. The molecule has 0 unspecified atom stereocenters. The van der Waals surface area contributed by atoms with Gasteiger partial charge in [-0.3, -0.25) is 0 Å². The Labute approximate surface area is 292 Å². The zero-order valence-corrected chi connectivity index (χ0v) is 27.2. The van der Waals surface area contributed by atoms with E-state index in [1.165, 1.54) is 24.3 Å². The van der Waals surface area contributed by atoms with Crippen LogP contribution in [0.3, 0.4) is 0 Å². The van der Waals surface area contributed by atoms with E-state index in [-0.39, 0.29) is 0 Å². The number of hydrogen-bond acceptors (Lipinski definition) is 0. The van der Waals surface area contributed by atoms with Crippen LogP contribution in [0.4, 0.5) is 17.6 Å². The summed E-state index contributed by atoms with van der Waals surface area (Å²) in [6, 6.07) is 40.8. The van der Waals surface area contributed by atoms with Crippen molar-refractivity contribution >= 4 is 97.0 Å². The van der Waals surface area contributed by atoms with Gasteiger partial charge in [0.1, 0.15) is 23.3 Å². The Bertz CT molecular complexity index is 3470. The first-order valence-electron chi connectivity index (χ1n) is 17.3. The zero-order chi connectivity index (χ0) is 34.6. The standard InChI is InChI=1S/C48H22F4/c49-28-15-26(16-29(50)20-28)41-39-22-37-33-8-2-1-7-32(33)34-9-4-10-35(44(34)37)45(39)43(27-17-30(51)21-31(52)18-27)47-36-14-13-24-12-11-23-5-3-6-25-19-38(48(41)47)46(36)42(24)40(23)25/h1-22H. The molecule has 0 fully saturated rings. The van der Waals surface area contributed by atoms with Gasteiger partial charge in [0.15, 0.2) is 0 Å². The maximum Gasteiger partial charge on any atom is 0.126 e. The van der Waals surface area contributed by atoms with Crippen LogP contribution in [0, 0.1) is 23.3 Å². The van der Waals surface area contributed by atoms with E-state index in [1.807, 2.05) is 24.3 Å². The lowest BCUT2D eigenvalue weighted by atomic mass is 9.83. The lowest BCUT2D eigenvalue weighted by molar-refractivity contribution is 0.583. The molecule has 4 heteroatoms. The molecule has 0 aliphatic carbocycles. The van der Waals surface area contributed by atoms with E-state index in [2.05, 4.69) is 72.8 Å². The molecule has 0 aromatic heterocycles. The van der Waals surface area contributed by atoms with Crippen LogP contribution in [0.2, 0.25) is 0 Å². The second kappa shape index (κ2) is 9.62. The second-order valence-electron chi connectivity index (χ2n) is 14.1. The third kappa shape index (κ3) is 3.46. The summed E-state index contributed by atoms with van der Waals surface area (Å²) < 4.78 is 61.5. The molecule has 242 valence electrons. The van der Waals surface area contributed by atoms with E-state index in [1.54, 1.807) is 0 Å². The van der Waals surface area contributed by atoms with Crippen LogP contribution >= 0.6 is 0 Å². The molecule has 0 atom stereocenters. The first-order valence-corrected chi connectivity index (χ1v) is 17.3. The summed E-state index contributed by atoms with van der Waals surface area (Å²) in [5.74, 6) is -2.73. The molecule has 0 radical (unpaired) electrons. The number of halogens is 4. The van der Waals surface area contributed by atoms with Gasteiger partial charge in [0.2, 0.25) is 0 Å². The zero-order valence-electron chi connectivity index (χ0n) is 27.2. The topological polar surface area (TPSA) is 0 Å². The molecule has 52 heavy (non-hydrogen) atoms. The molecule has 0 saturated carbocycles. The van der Waals surface area contributed by atoms with Crippen LogP contribution in [0.1, 0.15) is 0 Å². The SMILES string of the molecule is Fc1cc(F)cc(-c2c3cc4c5ccccc5c5cccc(c3c(-c3cc(F)cc(F)c3)c3c6ccc7ccc8cccc9cc(c23)c6c7c89)c54)c1. The van der Waals surface area contributed by atoms with Gasteiger partial charge < -0.3 is 0 Å². The van der Waals surface area contributed by atoms with Crippen molar-refractivity contribution < 1.29 is 17.6 Å². The third-order valence-electron chi connectivity index (χ3n) is 11.4. The van der Waals surface area contributed by atoms with Crippen LogP contribution in [-0.4, -0.2) is 0 Å². The predicted molar refractivity (Wildman–Crippen MR) is 208 cm³/mol. The van der Waals surface area contributed by atoms with E-state index in [4.69, 9.17) is 0 Å². The Morgan fingerprint density at radius 1 is 0.250 bits per heavy atom. The van der Waals surface area contributed by atoms with Crippen molar-refractivity contribution in [2.45, 2.75) is 0 Å². The lowest BCUT2D eigenvalue weighted by Gasteiger charge is -2.19. The maximum absolute atomic E-state index is 15.4. The fraction of sp³-hybridized carbons (Fsp3) is 0. The van der Waals surface area contributed by atoms with Gasteiger partial charge in [-0.05, 0) is 156 Å². The highest BCUT2D eigenvalue weighted by atomic mass is 19.1. The van der Waals surface area contributed by atoms with Gasteiger partial charge >= 0.3 is 0 Å². The van der Waals surface area contributed by atoms with E-state index >= 15 is 17.6 Å². The minimum atomic E-state index is -0.684. The molecule has 0 nitrogen and oxygen atoms in total. The molecule has 0 N–H and O–H groups in total. The van der Waals surface area contributed by atoms with Gasteiger partial charge in [0.25, 0.3) is 0 Å². The van der Waals surface area contributed by atoms with Crippen LogP contribution < -0.4 is 0 Å². The van der Waals surface area contributed by atoms with Crippen LogP contribution in [-0.2, 0) is 0 Å². The number of hydrogen-bond donors (Lipinski definition) is 0. The van der Waals surface area contributed by atoms with Gasteiger partial charge in [-0.25, -0.2) is 17.6 Å². The monoisotopic (exact) mass is 674 g/mol. The van der Waals surface area contributed by atoms with Crippen LogP contribution in [0.15, 0.2) is 133 Å². The first kappa shape index (κ1) is 28.2. The molecule has 0 amide bonds. The molecule has 0 aliphatic heterocycles. The Morgan fingerprint density at radius 3 is 1.52 bits per heavy atom. The number of rotatable bonds is 2. The normalized spacial score (nSPS) is 12.6. The summed E-state index contributed by atoms with van der Waals surface area (Å²) >= 11 is 0. The molecule has 0 saturated heterocycles. The van der Waals surface area contributed by atoms with E-state index in [0.29, 0.717) is 22.3 Å². The highest BCUT2D eigenvalue weighted by Crippen LogP contribution is 2.56. The summed E-state index contributed by atoms with van der Waals surface area (Å²) in [5, 5.41) is 17.6. The fourth-order valence-corrected chi connectivity index (χ4v) is 9.63. The molecule has 12 aromatic carbocycles. The fourth-order valence-electron chi connectivity index (χ4n) is 9.63. The molecule has 0 spiro atoms. The quantitative estimate of drug-likeness (QED) is 0.126. The van der Waals surface area contributed by atoms with Crippen molar-refractivity contribution in [3.8, 4) is 22.3 Å². The third-order valence-corrected chi connectivity index (χ3v) is 11.4. The summed E-state index contributed by atoms with van der Waals surface area (Å²) in [5.41, 5.74) is 2.16. The van der Waals surface area contributed by atoms with Gasteiger partial charge in [0, 0.05) is 12.1 Å². The minimum Gasteiger partial charge on any atom is -0.207 e. The molecule has 0 heterocycles. The van der Waals surface area contributed by atoms with Crippen LogP contribution in [0.5, 0.6) is 0 Å². The van der Waals surface area contributed by atoms with Gasteiger partial charge in [0.05, 0.1) is 0 Å². The van der Waals surface area contributed by atoms with Crippen molar-refractivity contribution in [1.82, 2.24) is 0 Å². The molecular weight excluding hydrogens is 653 g/mol. The summed E-state index contributed by atoms with van der Waals surface area (Å²) in [6.07, 6.45) is 0. The second-order valence-corrected chi connectivity index (χ2v) is 14.1. The summed E-state index contributed by atoms with van der Waals surface area (Å²) in [6.45, 7) is 0. The molecule has 12 aromatic rings. The average Bonchev–Trinajstić information content (AvgIpc) is 3.64. The van der Waals surface area contributed by atoms with Crippen molar-refractivity contribution in [1.29, 1.82) is 0 Å². The maximum atomic E-state index is 15.4. The van der Waals surface area contributed by atoms with Gasteiger partial charge in [-0.15, -0.1) is 0 Å². The Morgan fingerprint density at radius 2 is 0.788 bits per heavy atom. The Balaban J connectivity index is 1.48. The average molecular weight is 675 g/mol. The van der Waals surface area contributed by atoms with E-state index in [0.717, 1.165) is 109 Å². The molecule has 12 rings (SSSR count). The first-order chi connectivity index (χ1) is 25.4. The van der Waals surface area contributed by atoms with Crippen molar-refractivity contribution in [3.05, 3.63) is 157 Å². The minimum absolute atomic E-state index is 0.395. The Hall–Kier alpha value is -6.52. The van der Waals surface area contributed by atoms with Gasteiger partial charge in [-0.1, -0.05) is 84.9 Å². The molecule has 0 bridgehead atoms. The van der Waals surface area contributed by atoms with Crippen molar-refractivity contribution in [2.24, 2.45) is 0 Å². The summed E-state index contributed by atoms with van der Waals surface area (Å²) in [4.78, 5) is 0. The summed E-state index contributed by atoms with van der Waals surface area (Å²) in [7, 11) is 0. The number of benzene rings is 10. The van der Waals surface area contributed by atoms with Gasteiger partial charge in [-0.2, -0.15) is 0 Å².